The second-order valence-electron chi connectivity index (χ2n) is 4.77. The Morgan fingerprint density at radius 1 is 1.25 bits per heavy atom. The summed E-state index contributed by atoms with van der Waals surface area (Å²) in [5.74, 6) is 0.449. The average Bonchev–Trinajstić information content (AvgIpc) is 3.01. The Morgan fingerprint density at radius 2 is 1.75 bits per heavy atom. The van der Waals surface area contributed by atoms with E-state index in [0.29, 0.717) is 12.5 Å². The maximum Gasteiger partial charge on any atom is 0.282 e. The van der Waals surface area contributed by atoms with Crippen LogP contribution in [-0.4, -0.2) is 49.8 Å². The van der Waals surface area contributed by atoms with Crippen LogP contribution in [0, 0.1) is 5.92 Å². The van der Waals surface area contributed by atoms with E-state index in [9.17, 15) is 8.42 Å². The van der Waals surface area contributed by atoms with Gasteiger partial charge < -0.3 is 5.73 Å². The molecule has 1 fully saturated rings. The lowest BCUT2D eigenvalue weighted by molar-refractivity contribution is 0.297. The van der Waals surface area contributed by atoms with Crippen molar-refractivity contribution >= 4 is 10.2 Å². The zero-order chi connectivity index (χ0) is 12.5. The first-order valence-electron chi connectivity index (χ1n) is 5.73. The molecule has 5 nitrogen and oxygen atoms in total. The average molecular weight is 249 g/mol. The fraction of sp³-hybridized carbons (Fsp3) is 1.00. The smallest absolute Gasteiger partial charge is 0.282 e. The third-order valence-electron chi connectivity index (χ3n) is 3.33. The highest BCUT2D eigenvalue weighted by molar-refractivity contribution is 7.86. The molecule has 0 amide bonds. The Kier molecular flexibility index (Phi) is 4.34. The van der Waals surface area contributed by atoms with Crippen molar-refractivity contribution in [3.8, 4) is 0 Å². The van der Waals surface area contributed by atoms with Crippen LogP contribution in [-0.2, 0) is 10.2 Å². The van der Waals surface area contributed by atoms with E-state index in [1.165, 1.54) is 8.61 Å². The summed E-state index contributed by atoms with van der Waals surface area (Å²) in [6.45, 7) is 4.12. The molecular weight excluding hydrogens is 226 g/mol. The zero-order valence-corrected chi connectivity index (χ0v) is 11.4. The minimum Gasteiger partial charge on any atom is -0.329 e. The van der Waals surface area contributed by atoms with Crippen molar-refractivity contribution in [3.05, 3.63) is 0 Å². The van der Waals surface area contributed by atoms with Gasteiger partial charge in [0.15, 0.2) is 0 Å². The van der Waals surface area contributed by atoms with E-state index in [0.717, 1.165) is 12.8 Å². The molecule has 0 bridgehead atoms. The predicted molar refractivity (Wildman–Crippen MR) is 65.1 cm³/mol. The van der Waals surface area contributed by atoms with Crippen LogP contribution in [0.15, 0.2) is 0 Å². The van der Waals surface area contributed by atoms with Crippen LogP contribution in [0.3, 0.4) is 0 Å². The molecule has 6 heteroatoms. The lowest BCUT2D eigenvalue weighted by atomic mass is 10.2. The Hall–Kier alpha value is -0.170. The van der Waals surface area contributed by atoms with Crippen molar-refractivity contribution in [2.45, 2.75) is 38.8 Å². The van der Waals surface area contributed by atoms with Crippen molar-refractivity contribution < 1.29 is 8.42 Å². The summed E-state index contributed by atoms with van der Waals surface area (Å²) in [5, 5.41) is 0. The fourth-order valence-electron chi connectivity index (χ4n) is 1.76. The fourth-order valence-corrected chi connectivity index (χ4v) is 3.30. The molecule has 0 aliphatic heterocycles. The Labute approximate surface area is 98.8 Å². The number of nitrogens with two attached hydrogens (primary N) is 1. The van der Waals surface area contributed by atoms with E-state index in [2.05, 4.69) is 0 Å². The molecule has 0 saturated heterocycles. The molecule has 0 spiro atoms. The molecule has 16 heavy (non-hydrogen) atoms. The molecule has 0 aromatic rings. The normalized spacial score (nSPS) is 19.8. The third kappa shape index (κ3) is 2.74. The van der Waals surface area contributed by atoms with Crippen LogP contribution in [0.2, 0.25) is 0 Å². The van der Waals surface area contributed by atoms with Crippen LogP contribution < -0.4 is 5.73 Å². The van der Waals surface area contributed by atoms with Crippen LogP contribution >= 0.6 is 0 Å². The molecule has 1 saturated carbocycles. The summed E-state index contributed by atoms with van der Waals surface area (Å²) in [4.78, 5) is 0. The minimum absolute atomic E-state index is 0.0370. The summed E-state index contributed by atoms with van der Waals surface area (Å²) in [6.07, 6.45) is 2.18. The van der Waals surface area contributed by atoms with Gasteiger partial charge in [-0.3, -0.25) is 0 Å². The maximum atomic E-state index is 12.2. The Morgan fingerprint density at radius 3 is 2.06 bits per heavy atom. The molecule has 1 rings (SSSR count). The van der Waals surface area contributed by atoms with Gasteiger partial charge in [-0.05, 0) is 32.6 Å². The van der Waals surface area contributed by atoms with Gasteiger partial charge in [0.05, 0.1) is 0 Å². The monoisotopic (exact) mass is 249 g/mol. The molecule has 1 unspecified atom stereocenters. The quantitative estimate of drug-likeness (QED) is 0.733. The summed E-state index contributed by atoms with van der Waals surface area (Å²) in [7, 11) is -0.131. The van der Waals surface area contributed by atoms with Crippen LogP contribution in [0.1, 0.15) is 26.7 Å². The molecule has 1 aliphatic rings. The van der Waals surface area contributed by atoms with Gasteiger partial charge in [0.2, 0.25) is 0 Å². The van der Waals surface area contributed by atoms with Crippen molar-refractivity contribution in [3.63, 3.8) is 0 Å². The van der Waals surface area contributed by atoms with Gasteiger partial charge in [-0.15, -0.1) is 0 Å². The SMILES string of the molecule is CC(C)N(C)S(=O)(=O)N(C)C(CN)C1CC1. The van der Waals surface area contributed by atoms with Crippen molar-refractivity contribution in [1.29, 1.82) is 0 Å². The van der Waals surface area contributed by atoms with Gasteiger partial charge in [0.25, 0.3) is 10.2 Å². The van der Waals surface area contributed by atoms with E-state index >= 15 is 0 Å². The molecule has 1 aliphatic carbocycles. The van der Waals surface area contributed by atoms with E-state index in [-0.39, 0.29) is 12.1 Å². The number of hydrogen-bond acceptors (Lipinski definition) is 3. The summed E-state index contributed by atoms with van der Waals surface area (Å²) < 4.78 is 27.2. The second kappa shape index (κ2) is 5.00. The highest BCUT2D eigenvalue weighted by Crippen LogP contribution is 2.35. The highest BCUT2D eigenvalue weighted by Gasteiger charge is 2.39. The van der Waals surface area contributed by atoms with Gasteiger partial charge in [0, 0.05) is 32.7 Å². The van der Waals surface area contributed by atoms with E-state index in [1.807, 2.05) is 13.8 Å². The van der Waals surface area contributed by atoms with E-state index < -0.39 is 10.2 Å². The topological polar surface area (TPSA) is 66.6 Å². The molecule has 0 heterocycles. The van der Waals surface area contributed by atoms with Gasteiger partial charge >= 0.3 is 0 Å². The first kappa shape index (κ1) is 13.9. The first-order chi connectivity index (χ1) is 7.32. The molecule has 0 radical (unpaired) electrons. The maximum absolute atomic E-state index is 12.2. The standard InChI is InChI=1S/C10H23N3O2S/c1-8(2)12(3)16(14,15)13(4)10(7-11)9-5-6-9/h8-10H,5-7,11H2,1-4H3. The zero-order valence-electron chi connectivity index (χ0n) is 10.5. The highest BCUT2D eigenvalue weighted by atomic mass is 32.2. The van der Waals surface area contributed by atoms with Crippen molar-refractivity contribution in [1.82, 2.24) is 8.61 Å². The largest absolute Gasteiger partial charge is 0.329 e. The minimum atomic E-state index is -3.37. The molecule has 96 valence electrons. The first-order valence-corrected chi connectivity index (χ1v) is 7.13. The lowest BCUT2D eigenvalue weighted by Gasteiger charge is -2.32. The number of likely N-dealkylation sites (N-methyl/N-ethyl adjacent to an activating group) is 1. The lowest BCUT2D eigenvalue weighted by Crippen LogP contribution is -2.50. The molecule has 0 aromatic heterocycles. The van der Waals surface area contributed by atoms with Crippen molar-refractivity contribution in [2.24, 2.45) is 11.7 Å². The van der Waals surface area contributed by atoms with Gasteiger partial charge in [-0.1, -0.05) is 0 Å². The predicted octanol–water partition coefficient (Wildman–Crippen LogP) is 0.241. The molecule has 2 N–H and O–H groups in total. The van der Waals surface area contributed by atoms with E-state index in [4.69, 9.17) is 5.73 Å². The van der Waals surface area contributed by atoms with Crippen molar-refractivity contribution in [2.75, 3.05) is 20.6 Å². The van der Waals surface area contributed by atoms with E-state index in [1.54, 1.807) is 14.1 Å². The van der Waals surface area contributed by atoms with Gasteiger partial charge in [-0.2, -0.15) is 17.0 Å². The van der Waals surface area contributed by atoms with Crippen LogP contribution in [0.5, 0.6) is 0 Å². The number of nitrogens with zero attached hydrogens (tertiary/aromatic N) is 2. The van der Waals surface area contributed by atoms with Crippen LogP contribution in [0.4, 0.5) is 0 Å². The number of rotatable bonds is 6. The Balaban J connectivity index is 2.81. The van der Waals surface area contributed by atoms with Gasteiger partial charge in [0.1, 0.15) is 0 Å². The summed E-state index contributed by atoms with van der Waals surface area (Å²) >= 11 is 0. The second-order valence-corrected chi connectivity index (χ2v) is 6.82. The molecule has 0 aromatic carbocycles. The molecular formula is C10H23N3O2S. The summed E-state index contributed by atoms with van der Waals surface area (Å²) in [5.41, 5.74) is 5.66. The third-order valence-corrected chi connectivity index (χ3v) is 5.48. The number of hydrogen-bond donors (Lipinski definition) is 1. The Bertz CT molecular complexity index is 325. The summed E-state index contributed by atoms with van der Waals surface area (Å²) in [6, 6.07) is -0.0868. The molecule has 1 atom stereocenters. The van der Waals surface area contributed by atoms with Gasteiger partial charge in [-0.25, -0.2) is 0 Å². The van der Waals surface area contributed by atoms with Crippen LogP contribution in [0.25, 0.3) is 0 Å².